The van der Waals surface area contributed by atoms with Crippen molar-refractivity contribution in [2.75, 3.05) is 0 Å². The first-order valence-corrected chi connectivity index (χ1v) is 5.27. The first-order chi connectivity index (χ1) is 7.89. The molecule has 0 spiro atoms. The molecule has 5 nitrogen and oxygen atoms in total. The summed E-state index contributed by atoms with van der Waals surface area (Å²) in [6.45, 7) is 6.01. The number of carbonyl (C=O) groups is 1. The van der Waals surface area contributed by atoms with Gasteiger partial charge in [-0.3, -0.25) is 0 Å². The van der Waals surface area contributed by atoms with Crippen LogP contribution in [0.1, 0.15) is 36.9 Å². The highest BCUT2D eigenvalue weighted by molar-refractivity contribution is 5.93. The van der Waals surface area contributed by atoms with Gasteiger partial charge in [0, 0.05) is 11.6 Å². The average Bonchev–Trinajstić information content (AvgIpc) is 2.85. The Morgan fingerprint density at radius 1 is 1.47 bits per heavy atom. The van der Waals surface area contributed by atoms with Gasteiger partial charge in [-0.15, -0.1) is 0 Å². The van der Waals surface area contributed by atoms with Crippen molar-refractivity contribution in [2.45, 2.75) is 26.2 Å². The van der Waals surface area contributed by atoms with E-state index < -0.39 is 5.97 Å². The predicted octanol–water partition coefficient (Wildman–Crippen LogP) is 2.67. The van der Waals surface area contributed by atoms with Gasteiger partial charge in [0.1, 0.15) is 11.5 Å². The summed E-state index contributed by atoms with van der Waals surface area (Å²) in [5.41, 5.74) is 0.404. The van der Waals surface area contributed by atoms with Crippen LogP contribution in [0, 0.1) is 0 Å². The predicted molar refractivity (Wildman–Crippen MR) is 61.9 cm³/mol. The van der Waals surface area contributed by atoms with Crippen LogP contribution in [0.4, 0.5) is 0 Å². The van der Waals surface area contributed by atoms with Crippen molar-refractivity contribution >= 4 is 5.97 Å². The van der Waals surface area contributed by atoms with Crippen molar-refractivity contribution in [1.29, 1.82) is 0 Å². The fourth-order valence-electron chi connectivity index (χ4n) is 1.46. The third-order valence-corrected chi connectivity index (χ3v) is 2.44. The summed E-state index contributed by atoms with van der Waals surface area (Å²) in [5.74, 6) is 0.0209. The zero-order valence-electron chi connectivity index (χ0n) is 9.94. The molecule has 0 radical (unpaired) electrons. The van der Waals surface area contributed by atoms with E-state index in [2.05, 4.69) is 9.97 Å². The lowest BCUT2D eigenvalue weighted by molar-refractivity contribution is 0.0697. The minimum atomic E-state index is -1.00. The summed E-state index contributed by atoms with van der Waals surface area (Å²) >= 11 is 0. The summed E-state index contributed by atoms with van der Waals surface area (Å²) in [6.07, 6.45) is 3.18. The monoisotopic (exact) mass is 234 g/mol. The number of aromatic amines is 1. The molecule has 2 rings (SSSR count). The summed E-state index contributed by atoms with van der Waals surface area (Å²) in [6, 6.07) is 1.48. The average molecular weight is 234 g/mol. The number of nitrogens with zero attached hydrogens (tertiary/aromatic N) is 1. The topological polar surface area (TPSA) is 79.1 Å². The highest BCUT2D eigenvalue weighted by Gasteiger charge is 2.22. The van der Waals surface area contributed by atoms with Gasteiger partial charge < -0.3 is 14.5 Å². The van der Waals surface area contributed by atoms with Crippen LogP contribution < -0.4 is 0 Å². The Bertz CT molecular complexity index is 546. The van der Waals surface area contributed by atoms with E-state index in [1.807, 2.05) is 20.8 Å². The van der Waals surface area contributed by atoms with Gasteiger partial charge in [0.2, 0.25) is 5.89 Å². The molecular formula is C12H14N2O3. The van der Waals surface area contributed by atoms with Crippen molar-refractivity contribution in [3.05, 3.63) is 29.8 Å². The zero-order valence-corrected chi connectivity index (χ0v) is 9.94. The molecule has 0 aromatic carbocycles. The van der Waals surface area contributed by atoms with E-state index in [-0.39, 0.29) is 11.0 Å². The number of hydrogen-bond acceptors (Lipinski definition) is 3. The van der Waals surface area contributed by atoms with Crippen LogP contribution in [-0.4, -0.2) is 21.0 Å². The maximum atomic E-state index is 11.0. The first kappa shape index (κ1) is 11.4. The second-order valence-corrected chi connectivity index (χ2v) is 4.85. The van der Waals surface area contributed by atoms with E-state index >= 15 is 0 Å². The van der Waals surface area contributed by atoms with E-state index in [4.69, 9.17) is 9.52 Å². The minimum absolute atomic E-state index is 0.152. The molecule has 0 saturated heterocycles. The van der Waals surface area contributed by atoms with Gasteiger partial charge in [0.25, 0.3) is 0 Å². The van der Waals surface area contributed by atoms with Crippen molar-refractivity contribution in [3.63, 3.8) is 0 Å². The highest BCUT2D eigenvalue weighted by atomic mass is 16.4. The van der Waals surface area contributed by atoms with E-state index in [0.717, 1.165) is 5.76 Å². The van der Waals surface area contributed by atoms with Crippen LogP contribution in [0.25, 0.3) is 11.6 Å². The molecule has 0 fully saturated rings. The van der Waals surface area contributed by atoms with Crippen LogP contribution >= 0.6 is 0 Å². The molecule has 90 valence electrons. The second kappa shape index (κ2) is 3.76. The molecule has 0 aliphatic rings. The molecule has 5 heteroatoms. The number of oxazole rings is 1. The number of H-pyrrole nitrogens is 1. The summed E-state index contributed by atoms with van der Waals surface area (Å²) < 4.78 is 5.58. The van der Waals surface area contributed by atoms with E-state index in [0.29, 0.717) is 11.6 Å². The Balaban J connectivity index is 2.44. The second-order valence-electron chi connectivity index (χ2n) is 4.85. The van der Waals surface area contributed by atoms with Crippen LogP contribution in [0.15, 0.2) is 22.9 Å². The fraction of sp³-hybridized carbons (Fsp3) is 0.333. The number of aromatic carboxylic acids is 1. The summed E-state index contributed by atoms with van der Waals surface area (Å²) in [7, 11) is 0. The van der Waals surface area contributed by atoms with Gasteiger partial charge >= 0.3 is 5.97 Å². The zero-order chi connectivity index (χ0) is 12.6. The van der Waals surface area contributed by atoms with Gasteiger partial charge in [0.05, 0.1) is 11.8 Å². The number of hydrogen-bond donors (Lipinski definition) is 2. The molecule has 0 saturated carbocycles. The molecule has 0 aliphatic heterocycles. The Morgan fingerprint density at radius 2 is 2.18 bits per heavy atom. The van der Waals surface area contributed by atoms with Crippen molar-refractivity contribution in [1.82, 2.24) is 9.97 Å². The van der Waals surface area contributed by atoms with E-state index in [1.54, 1.807) is 12.4 Å². The van der Waals surface area contributed by atoms with Crippen molar-refractivity contribution in [3.8, 4) is 11.6 Å². The van der Waals surface area contributed by atoms with Crippen LogP contribution in [0.3, 0.4) is 0 Å². The number of rotatable bonds is 2. The van der Waals surface area contributed by atoms with Crippen molar-refractivity contribution in [2.24, 2.45) is 0 Å². The van der Waals surface area contributed by atoms with Gasteiger partial charge in [-0.25, -0.2) is 9.78 Å². The quantitative estimate of drug-likeness (QED) is 0.837. The largest absolute Gasteiger partial charge is 0.478 e. The molecule has 0 unspecified atom stereocenters. The first-order valence-electron chi connectivity index (χ1n) is 5.27. The summed E-state index contributed by atoms with van der Waals surface area (Å²) in [4.78, 5) is 17.9. The Labute approximate surface area is 98.5 Å². The molecule has 2 N–H and O–H groups in total. The van der Waals surface area contributed by atoms with Gasteiger partial charge in [-0.1, -0.05) is 20.8 Å². The van der Waals surface area contributed by atoms with E-state index in [1.165, 1.54) is 6.07 Å². The lowest BCUT2D eigenvalue weighted by Gasteiger charge is -2.12. The molecule has 2 heterocycles. The Hall–Kier alpha value is -2.04. The standard InChI is InChI=1S/C12H14N2O3/c1-12(2,3)8-6-14-10(17-8)9-7(11(15)16)4-5-13-9/h4-6,13H,1-3H3,(H,15,16). The van der Waals surface area contributed by atoms with Crippen LogP contribution in [0.2, 0.25) is 0 Å². The molecule has 17 heavy (non-hydrogen) atoms. The molecule has 0 amide bonds. The van der Waals surface area contributed by atoms with Gasteiger partial charge in [-0.05, 0) is 6.07 Å². The van der Waals surface area contributed by atoms with Crippen LogP contribution in [-0.2, 0) is 5.41 Å². The third-order valence-electron chi connectivity index (χ3n) is 2.44. The molecule has 0 bridgehead atoms. The molecule has 0 aliphatic carbocycles. The normalized spacial score (nSPS) is 11.7. The lowest BCUT2D eigenvalue weighted by atomic mass is 9.94. The number of nitrogens with one attached hydrogen (secondary N) is 1. The SMILES string of the molecule is CC(C)(C)c1cnc(-c2[nH]ccc2C(=O)O)o1. The minimum Gasteiger partial charge on any atom is -0.478 e. The maximum Gasteiger partial charge on any atom is 0.338 e. The number of carboxylic acid groups (broad SMARTS) is 1. The lowest BCUT2D eigenvalue weighted by Crippen LogP contribution is -2.09. The molecule has 2 aromatic rings. The number of carboxylic acids is 1. The summed E-state index contributed by atoms with van der Waals surface area (Å²) in [5, 5.41) is 8.99. The van der Waals surface area contributed by atoms with E-state index in [9.17, 15) is 4.79 Å². The van der Waals surface area contributed by atoms with Crippen molar-refractivity contribution < 1.29 is 14.3 Å². The third kappa shape index (κ3) is 2.08. The molecular weight excluding hydrogens is 220 g/mol. The molecule has 2 aromatic heterocycles. The Kier molecular flexibility index (Phi) is 2.53. The van der Waals surface area contributed by atoms with Gasteiger partial charge in [-0.2, -0.15) is 0 Å². The molecule has 0 atom stereocenters. The number of aromatic nitrogens is 2. The highest BCUT2D eigenvalue weighted by Crippen LogP contribution is 2.28. The Morgan fingerprint density at radius 3 is 2.71 bits per heavy atom. The fourth-order valence-corrected chi connectivity index (χ4v) is 1.46. The van der Waals surface area contributed by atoms with Crippen LogP contribution in [0.5, 0.6) is 0 Å². The smallest absolute Gasteiger partial charge is 0.338 e. The van der Waals surface area contributed by atoms with Gasteiger partial charge in [0.15, 0.2) is 0 Å². The maximum absolute atomic E-state index is 11.0.